The maximum absolute atomic E-state index is 5.87. The van der Waals surface area contributed by atoms with Crippen molar-refractivity contribution in [3.63, 3.8) is 0 Å². The molecule has 0 saturated carbocycles. The summed E-state index contributed by atoms with van der Waals surface area (Å²) in [5.41, 5.74) is 5.87. The van der Waals surface area contributed by atoms with Gasteiger partial charge in [0.2, 0.25) is 0 Å². The molecule has 3 N–H and O–H groups in total. The molecular formula is C17H30IN3OS. The lowest BCUT2D eigenvalue weighted by Gasteiger charge is -2.12. The van der Waals surface area contributed by atoms with Crippen LogP contribution in [-0.4, -0.2) is 31.9 Å². The SMILES string of the molecule is COc1ccccc1SCC(C)CN=C(N)NCCC(C)C.I. The highest BCUT2D eigenvalue weighted by molar-refractivity contribution is 14.0. The van der Waals surface area contributed by atoms with E-state index in [4.69, 9.17) is 10.5 Å². The van der Waals surface area contributed by atoms with Gasteiger partial charge in [-0.3, -0.25) is 4.99 Å². The zero-order valence-corrected chi connectivity index (χ0v) is 17.7. The van der Waals surface area contributed by atoms with Gasteiger partial charge in [0.1, 0.15) is 5.75 Å². The molecule has 132 valence electrons. The third kappa shape index (κ3) is 9.96. The Kier molecular flexibility index (Phi) is 12.4. The highest BCUT2D eigenvalue weighted by Crippen LogP contribution is 2.29. The summed E-state index contributed by atoms with van der Waals surface area (Å²) < 4.78 is 5.36. The summed E-state index contributed by atoms with van der Waals surface area (Å²) in [4.78, 5) is 5.58. The van der Waals surface area contributed by atoms with Crippen LogP contribution >= 0.6 is 35.7 Å². The van der Waals surface area contributed by atoms with Crippen LogP contribution in [0.5, 0.6) is 5.75 Å². The molecule has 6 heteroatoms. The van der Waals surface area contributed by atoms with E-state index in [1.807, 2.05) is 18.2 Å². The zero-order chi connectivity index (χ0) is 16.4. The van der Waals surface area contributed by atoms with E-state index in [-0.39, 0.29) is 24.0 Å². The Bertz CT molecular complexity index is 469. The molecule has 4 nitrogen and oxygen atoms in total. The molecule has 0 fully saturated rings. The Morgan fingerprint density at radius 3 is 2.65 bits per heavy atom. The molecule has 0 radical (unpaired) electrons. The minimum atomic E-state index is 0. The fraction of sp³-hybridized carbons (Fsp3) is 0.588. The second kappa shape index (κ2) is 12.8. The quantitative estimate of drug-likeness (QED) is 0.258. The van der Waals surface area contributed by atoms with Gasteiger partial charge >= 0.3 is 0 Å². The van der Waals surface area contributed by atoms with Gasteiger partial charge in [0, 0.05) is 23.7 Å². The lowest BCUT2D eigenvalue weighted by Crippen LogP contribution is -2.33. The van der Waals surface area contributed by atoms with Gasteiger partial charge in [-0.25, -0.2) is 0 Å². The van der Waals surface area contributed by atoms with Crippen LogP contribution in [0.25, 0.3) is 0 Å². The number of para-hydroxylation sites is 1. The normalized spacial score (nSPS) is 12.7. The molecule has 1 rings (SSSR count). The fourth-order valence-electron chi connectivity index (χ4n) is 1.82. The number of guanidine groups is 1. The van der Waals surface area contributed by atoms with Crippen molar-refractivity contribution in [2.24, 2.45) is 22.6 Å². The van der Waals surface area contributed by atoms with Gasteiger partial charge in [-0.15, -0.1) is 35.7 Å². The molecule has 0 aromatic heterocycles. The van der Waals surface area contributed by atoms with Crippen LogP contribution in [0.15, 0.2) is 34.2 Å². The van der Waals surface area contributed by atoms with Crippen LogP contribution in [-0.2, 0) is 0 Å². The van der Waals surface area contributed by atoms with Crippen molar-refractivity contribution in [2.45, 2.75) is 32.1 Å². The first-order chi connectivity index (χ1) is 10.5. The summed E-state index contributed by atoms with van der Waals surface area (Å²) in [7, 11) is 1.71. The number of methoxy groups -OCH3 is 1. The van der Waals surface area contributed by atoms with E-state index in [0.29, 0.717) is 17.8 Å². The van der Waals surface area contributed by atoms with Gasteiger partial charge in [-0.1, -0.05) is 32.9 Å². The maximum Gasteiger partial charge on any atom is 0.188 e. The van der Waals surface area contributed by atoms with Gasteiger partial charge in [0.25, 0.3) is 0 Å². The van der Waals surface area contributed by atoms with Crippen molar-refractivity contribution in [3.05, 3.63) is 24.3 Å². The minimum absolute atomic E-state index is 0. The van der Waals surface area contributed by atoms with Crippen molar-refractivity contribution < 1.29 is 4.74 Å². The number of nitrogens with one attached hydrogen (secondary N) is 1. The molecule has 1 unspecified atom stereocenters. The molecular weight excluding hydrogens is 421 g/mol. The lowest BCUT2D eigenvalue weighted by atomic mass is 10.1. The van der Waals surface area contributed by atoms with Crippen LogP contribution in [0.4, 0.5) is 0 Å². The highest BCUT2D eigenvalue weighted by Gasteiger charge is 2.06. The number of aliphatic imine (C=N–C) groups is 1. The van der Waals surface area contributed by atoms with Crippen LogP contribution < -0.4 is 15.8 Å². The van der Waals surface area contributed by atoms with Crippen molar-refractivity contribution in [1.29, 1.82) is 0 Å². The average Bonchev–Trinajstić information content (AvgIpc) is 2.50. The second-order valence-corrected chi connectivity index (χ2v) is 6.96. The topological polar surface area (TPSA) is 59.6 Å². The number of rotatable bonds is 9. The summed E-state index contributed by atoms with van der Waals surface area (Å²) >= 11 is 1.80. The molecule has 0 spiro atoms. The fourth-order valence-corrected chi connectivity index (χ4v) is 2.86. The smallest absolute Gasteiger partial charge is 0.188 e. The van der Waals surface area contributed by atoms with Gasteiger partial charge < -0.3 is 15.8 Å². The van der Waals surface area contributed by atoms with E-state index in [1.165, 1.54) is 4.90 Å². The number of nitrogens with two attached hydrogens (primary N) is 1. The predicted octanol–water partition coefficient (Wildman–Crippen LogP) is 3.99. The number of halogens is 1. The number of thioether (sulfide) groups is 1. The molecule has 1 aromatic rings. The first kappa shape index (κ1) is 22.4. The lowest BCUT2D eigenvalue weighted by molar-refractivity contribution is 0.405. The summed E-state index contributed by atoms with van der Waals surface area (Å²) in [6.45, 7) is 8.21. The Morgan fingerprint density at radius 2 is 2.00 bits per heavy atom. The third-order valence-electron chi connectivity index (χ3n) is 3.19. The predicted molar refractivity (Wildman–Crippen MR) is 112 cm³/mol. The van der Waals surface area contributed by atoms with E-state index in [0.717, 1.165) is 31.0 Å². The minimum Gasteiger partial charge on any atom is -0.496 e. The molecule has 23 heavy (non-hydrogen) atoms. The largest absolute Gasteiger partial charge is 0.496 e. The van der Waals surface area contributed by atoms with Gasteiger partial charge in [-0.05, 0) is 30.4 Å². The summed E-state index contributed by atoms with van der Waals surface area (Å²) in [6.07, 6.45) is 1.11. The Morgan fingerprint density at radius 1 is 1.30 bits per heavy atom. The number of benzene rings is 1. The van der Waals surface area contributed by atoms with Gasteiger partial charge in [0.15, 0.2) is 5.96 Å². The summed E-state index contributed by atoms with van der Waals surface area (Å²) in [6, 6.07) is 8.09. The standard InChI is InChI=1S/C17H29N3OS.HI/c1-13(2)9-10-19-17(18)20-11-14(3)12-22-16-8-6-5-7-15(16)21-4;/h5-8,13-14H,9-12H2,1-4H3,(H3,18,19,20);1H. The summed E-state index contributed by atoms with van der Waals surface area (Å²) in [5.74, 6) is 3.60. The molecule has 1 atom stereocenters. The summed E-state index contributed by atoms with van der Waals surface area (Å²) in [5, 5.41) is 3.16. The third-order valence-corrected chi connectivity index (χ3v) is 4.58. The molecule has 0 aliphatic rings. The maximum atomic E-state index is 5.87. The average molecular weight is 451 g/mol. The monoisotopic (exact) mass is 451 g/mol. The van der Waals surface area contributed by atoms with Crippen molar-refractivity contribution >= 4 is 41.7 Å². The Labute approximate surface area is 162 Å². The zero-order valence-electron chi connectivity index (χ0n) is 14.5. The molecule has 0 aliphatic carbocycles. The number of hydrogen-bond donors (Lipinski definition) is 2. The first-order valence-electron chi connectivity index (χ1n) is 7.82. The Balaban J connectivity index is 0.00000484. The van der Waals surface area contributed by atoms with E-state index in [9.17, 15) is 0 Å². The molecule has 0 aliphatic heterocycles. The van der Waals surface area contributed by atoms with Crippen LogP contribution in [0.2, 0.25) is 0 Å². The van der Waals surface area contributed by atoms with Crippen LogP contribution in [0.1, 0.15) is 27.2 Å². The molecule has 0 bridgehead atoms. The van der Waals surface area contributed by atoms with Crippen molar-refractivity contribution in [1.82, 2.24) is 5.32 Å². The molecule has 0 saturated heterocycles. The van der Waals surface area contributed by atoms with E-state index >= 15 is 0 Å². The molecule has 1 aromatic carbocycles. The Hall–Kier alpha value is -0.630. The van der Waals surface area contributed by atoms with Crippen molar-refractivity contribution in [2.75, 3.05) is 26.0 Å². The second-order valence-electron chi connectivity index (χ2n) is 5.90. The number of nitrogens with zero attached hydrogens (tertiary/aromatic N) is 1. The van der Waals surface area contributed by atoms with Crippen molar-refractivity contribution in [3.8, 4) is 5.75 Å². The van der Waals surface area contributed by atoms with E-state index in [1.54, 1.807) is 18.9 Å². The van der Waals surface area contributed by atoms with Crippen LogP contribution in [0, 0.1) is 11.8 Å². The molecule has 0 amide bonds. The van der Waals surface area contributed by atoms with Crippen LogP contribution in [0.3, 0.4) is 0 Å². The van der Waals surface area contributed by atoms with E-state index < -0.39 is 0 Å². The number of ether oxygens (including phenoxy) is 1. The highest BCUT2D eigenvalue weighted by atomic mass is 127. The number of hydrogen-bond acceptors (Lipinski definition) is 3. The van der Waals surface area contributed by atoms with Gasteiger partial charge in [-0.2, -0.15) is 0 Å². The van der Waals surface area contributed by atoms with E-state index in [2.05, 4.69) is 37.1 Å². The molecule has 0 heterocycles. The first-order valence-corrected chi connectivity index (χ1v) is 8.81. The van der Waals surface area contributed by atoms with Gasteiger partial charge in [0.05, 0.1) is 7.11 Å².